The number of carbonyl (C=O) groups excluding carboxylic acids is 1. The molecule has 0 unspecified atom stereocenters. The van der Waals surface area contributed by atoms with Crippen LogP contribution in [0.15, 0.2) is 40.9 Å². The molecule has 2 aromatic heterocycles. The average molecular weight is 589 g/mol. The zero-order valence-electron chi connectivity index (χ0n) is 22.1. The van der Waals surface area contributed by atoms with Crippen molar-refractivity contribution in [3.8, 4) is 11.1 Å². The summed E-state index contributed by atoms with van der Waals surface area (Å²) in [5, 5.41) is 2.14. The molecule has 0 aliphatic rings. The smallest absolute Gasteiger partial charge is 0.337 e. The lowest BCUT2D eigenvalue weighted by Gasteiger charge is -2.12. The minimum atomic E-state index is -4.40. The van der Waals surface area contributed by atoms with Gasteiger partial charge in [-0.3, -0.25) is 0 Å². The second kappa shape index (κ2) is 12.5. The third-order valence-electron chi connectivity index (χ3n) is 5.72. The van der Waals surface area contributed by atoms with E-state index in [0.29, 0.717) is 17.5 Å². The van der Waals surface area contributed by atoms with Gasteiger partial charge < -0.3 is 9.88 Å². The van der Waals surface area contributed by atoms with Crippen LogP contribution < -0.4 is 10.0 Å². The van der Waals surface area contributed by atoms with Crippen LogP contribution in [0.3, 0.4) is 0 Å². The first-order valence-corrected chi connectivity index (χ1v) is 14.8. The number of rotatable bonds is 11. The van der Waals surface area contributed by atoms with Gasteiger partial charge in [0.15, 0.2) is 0 Å². The standard InChI is InChI=1S/C26H32F4N4O3S2/c1-16(2)12-20-14-21(24(38-20)39(36,37)33-25(35)32-9-5-8-26(28,29)30)18-6-7-19(22(27)13-18)15-34-11-10-31-23(34)17(3)4/h6-7,10-11,13-14,16-17H,5,8-9,12,15H2,1-4H3,(H2,32,33,35). The molecule has 0 fully saturated rings. The van der Waals surface area contributed by atoms with Gasteiger partial charge in [0, 0.05) is 47.3 Å². The summed E-state index contributed by atoms with van der Waals surface area (Å²) >= 11 is 0.968. The molecule has 0 aliphatic carbocycles. The van der Waals surface area contributed by atoms with Gasteiger partial charge in [-0.05, 0) is 36.5 Å². The Morgan fingerprint density at radius 2 is 1.87 bits per heavy atom. The van der Waals surface area contributed by atoms with E-state index in [1.54, 1.807) is 30.6 Å². The molecule has 0 spiro atoms. The number of halogens is 4. The summed E-state index contributed by atoms with van der Waals surface area (Å²) in [5.41, 5.74) is 0.962. The van der Waals surface area contributed by atoms with Crippen LogP contribution in [0.5, 0.6) is 0 Å². The van der Waals surface area contributed by atoms with E-state index in [9.17, 15) is 26.4 Å². The molecule has 0 atom stereocenters. The highest BCUT2D eigenvalue weighted by molar-refractivity contribution is 7.92. The molecule has 0 aliphatic heterocycles. The predicted molar refractivity (Wildman–Crippen MR) is 143 cm³/mol. The van der Waals surface area contributed by atoms with Crippen LogP contribution in [0.1, 0.15) is 62.7 Å². The van der Waals surface area contributed by atoms with Gasteiger partial charge in [-0.25, -0.2) is 27.3 Å². The lowest BCUT2D eigenvalue weighted by Crippen LogP contribution is -2.39. The molecule has 7 nitrogen and oxygen atoms in total. The third kappa shape index (κ3) is 8.53. The van der Waals surface area contributed by atoms with Gasteiger partial charge in [0.1, 0.15) is 15.9 Å². The number of sulfonamides is 1. The van der Waals surface area contributed by atoms with Crippen molar-refractivity contribution in [3.63, 3.8) is 0 Å². The van der Waals surface area contributed by atoms with E-state index in [-0.39, 0.29) is 41.1 Å². The van der Waals surface area contributed by atoms with Crippen LogP contribution >= 0.6 is 11.3 Å². The third-order valence-corrected chi connectivity index (χ3v) is 8.74. The predicted octanol–water partition coefficient (Wildman–Crippen LogP) is 6.45. The number of benzene rings is 1. The topological polar surface area (TPSA) is 93.1 Å². The molecule has 0 radical (unpaired) electrons. The summed E-state index contributed by atoms with van der Waals surface area (Å²) in [6.45, 7) is 7.82. The minimum Gasteiger partial charge on any atom is -0.337 e. The molecule has 13 heteroatoms. The number of nitrogens with zero attached hydrogens (tertiary/aromatic N) is 2. The highest BCUT2D eigenvalue weighted by Crippen LogP contribution is 2.37. The Hall–Kier alpha value is -2.93. The monoisotopic (exact) mass is 588 g/mol. The van der Waals surface area contributed by atoms with E-state index in [1.807, 2.05) is 37.0 Å². The minimum absolute atomic E-state index is 0.148. The van der Waals surface area contributed by atoms with E-state index < -0.39 is 34.5 Å². The SMILES string of the molecule is CC(C)Cc1cc(-c2ccc(Cn3ccnc3C(C)C)c(F)c2)c(S(=O)(=O)NC(=O)NCCCC(F)(F)F)s1. The molecule has 1 aromatic carbocycles. The van der Waals surface area contributed by atoms with Crippen LogP contribution in [0.2, 0.25) is 0 Å². The Balaban J connectivity index is 1.86. The number of imidazole rings is 1. The maximum atomic E-state index is 15.2. The van der Waals surface area contributed by atoms with Crippen molar-refractivity contribution in [2.75, 3.05) is 6.54 Å². The van der Waals surface area contributed by atoms with Crippen molar-refractivity contribution in [2.24, 2.45) is 5.92 Å². The fraction of sp³-hybridized carbons (Fsp3) is 0.462. The summed E-state index contributed by atoms with van der Waals surface area (Å²) in [5.74, 6) is 0.646. The largest absolute Gasteiger partial charge is 0.389 e. The maximum absolute atomic E-state index is 15.2. The van der Waals surface area contributed by atoms with Gasteiger partial charge in [-0.2, -0.15) is 13.2 Å². The number of hydrogen-bond acceptors (Lipinski definition) is 5. The van der Waals surface area contributed by atoms with Crippen molar-refractivity contribution in [1.29, 1.82) is 0 Å². The van der Waals surface area contributed by atoms with E-state index in [0.717, 1.165) is 22.0 Å². The van der Waals surface area contributed by atoms with Gasteiger partial charge >= 0.3 is 12.2 Å². The van der Waals surface area contributed by atoms with Crippen molar-refractivity contribution in [2.45, 2.75) is 69.8 Å². The summed E-state index contributed by atoms with van der Waals surface area (Å²) in [7, 11) is -4.40. The first-order chi connectivity index (χ1) is 18.2. The maximum Gasteiger partial charge on any atom is 0.389 e. The number of urea groups is 1. The molecule has 2 heterocycles. The van der Waals surface area contributed by atoms with E-state index in [1.165, 1.54) is 6.07 Å². The molecular weight excluding hydrogens is 556 g/mol. The second-order valence-electron chi connectivity index (χ2n) is 9.97. The lowest BCUT2D eigenvalue weighted by atomic mass is 10.0. The number of thiophene rings is 1. The number of aromatic nitrogens is 2. The highest BCUT2D eigenvalue weighted by Gasteiger charge is 2.28. The molecule has 39 heavy (non-hydrogen) atoms. The lowest BCUT2D eigenvalue weighted by molar-refractivity contribution is -0.135. The molecule has 0 bridgehead atoms. The Bertz CT molecular complexity index is 1400. The fourth-order valence-corrected chi connectivity index (χ4v) is 6.88. The van der Waals surface area contributed by atoms with Crippen molar-refractivity contribution < 1.29 is 30.8 Å². The van der Waals surface area contributed by atoms with Crippen LogP contribution in [-0.4, -0.2) is 36.7 Å². The van der Waals surface area contributed by atoms with Crippen LogP contribution in [0.4, 0.5) is 22.4 Å². The molecule has 2 amide bonds. The number of nitrogens with one attached hydrogen (secondary N) is 2. The van der Waals surface area contributed by atoms with Crippen molar-refractivity contribution in [1.82, 2.24) is 19.6 Å². The summed E-state index contributed by atoms with van der Waals surface area (Å²) < 4.78 is 82.0. The number of hydrogen-bond donors (Lipinski definition) is 2. The van der Waals surface area contributed by atoms with E-state index in [2.05, 4.69) is 10.3 Å². The molecule has 3 aromatic rings. The molecular formula is C26H32F4N4O3S2. The van der Waals surface area contributed by atoms with E-state index >= 15 is 4.39 Å². The Morgan fingerprint density at radius 3 is 2.49 bits per heavy atom. The first-order valence-electron chi connectivity index (χ1n) is 12.5. The quantitative estimate of drug-likeness (QED) is 0.199. The van der Waals surface area contributed by atoms with Gasteiger partial charge in [0.05, 0.1) is 6.54 Å². The summed E-state index contributed by atoms with van der Waals surface area (Å²) in [6.07, 6.45) is -1.87. The van der Waals surface area contributed by atoms with E-state index in [4.69, 9.17) is 0 Å². The van der Waals surface area contributed by atoms with Crippen molar-refractivity contribution >= 4 is 27.4 Å². The molecule has 0 saturated carbocycles. The van der Waals surface area contributed by atoms with Gasteiger partial charge in [0.25, 0.3) is 10.0 Å². The fourth-order valence-electron chi connectivity index (χ4n) is 4.00. The normalized spacial score (nSPS) is 12.4. The Morgan fingerprint density at radius 1 is 1.15 bits per heavy atom. The summed E-state index contributed by atoms with van der Waals surface area (Å²) in [4.78, 5) is 17.2. The van der Waals surface area contributed by atoms with Crippen molar-refractivity contribution in [3.05, 3.63) is 58.7 Å². The summed E-state index contributed by atoms with van der Waals surface area (Å²) in [6, 6.07) is 5.01. The first kappa shape index (κ1) is 30.6. The van der Waals surface area contributed by atoms with Gasteiger partial charge in [-0.15, -0.1) is 11.3 Å². The Labute approximate surface area is 229 Å². The van der Waals surface area contributed by atoms with Crippen LogP contribution in [0, 0.1) is 11.7 Å². The zero-order valence-corrected chi connectivity index (χ0v) is 23.7. The molecule has 0 saturated heterocycles. The number of carbonyl (C=O) groups is 1. The van der Waals surface area contributed by atoms with Crippen LogP contribution in [-0.2, 0) is 23.0 Å². The van der Waals surface area contributed by atoms with Crippen LogP contribution in [0.25, 0.3) is 11.1 Å². The zero-order chi connectivity index (χ0) is 29.0. The second-order valence-corrected chi connectivity index (χ2v) is 13.0. The molecule has 3 rings (SSSR count). The highest BCUT2D eigenvalue weighted by atomic mass is 32.2. The molecule has 214 valence electrons. The van der Waals surface area contributed by atoms with Gasteiger partial charge in [-0.1, -0.05) is 39.8 Å². The number of alkyl halides is 3. The molecule has 2 N–H and O–H groups in total. The number of amides is 2. The Kier molecular flexibility index (Phi) is 9.81. The average Bonchev–Trinajstić information content (AvgIpc) is 3.44. The van der Waals surface area contributed by atoms with Gasteiger partial charge in [0.2, 0.25) is 0 Å².